The number of pyridine rings is 2. The number of nitrogens with zero attached hydrogens (tertiary/aromatic N) is 4. The van der Waals surface area contributed by atoms with Crippen molar-refractivity contribution in [3.63, 3.8) is 0 Å². The maximum Gasteiger partial charge on any atom is 0.318 e. The van der Waals surface area contributed by atoms with Crippen molar-refractivity contribution in [2.24, 2.45) is 22.7 Å². The molecule has 4 fully saturated rings. The molecule has 6 heterocycles. The third kappa shape index (κ3) is 19.5. The van der Waals surface area contributed by atoms with Crippen molar-refractivity contribution in [3.05, 3.63) is 101 Å². The van der Waals surface area contributed by atoms with Crippen LogP contribution in [0.1, 0.15) is 110 Å². The molecule has 2 aromatic heterocycles. The van der Waals surface area contributed by atoms with Crippen LogP contribution in [0.5, 0.6) is 0 Å². The van der Waals surface area contributed by atoms with Gasteiger partial charge in [-0.25, -0.2) is 10.9 Å². The normalized spacial score (nSPS) is 21.2. The quantitative estimate of drug-likeness (QED) is 0.0419. The van der Waals surface area contributed by atoms with Crippen LogP contribution in [0, 0.1) is 22.7 Å². The fraction of sp³-hybridized carbons (Fsp3) is 0.548. The van der Waals surface area contributed by atoms with Crippen LogP contribution in [0.2, 0.25) is 0 Å². The van der Waals surface area contributed by atoms with Crippen LogP contribution < -0.4 is 32.1 Å². The summed E-state index contributed by atoms with van der Waals surface area (Å²) in [6.45, 7) is 18.9. The van der Waals surface area contributed by atoms with Gasteiger partial charge in [-0.05, 0) is 101 Å². The molecule has 0 saturated carbocycles. The number of aliphatic hydroxyl groups excluding tert-OH is 4. The molecule has 10 atom stereocenters. The maximum absolute atomic E-state index is 13.2. The van der Waals surface area contributed by atoms with Gasteiger partial charge < -0.3 is 60.2 Å². The van der Waals surface area contributed by atoms with Gasteiger partial charge in [0.1, 0.15) is 49.0 Å². The van der Waals surface area contributed by atoms with Crippen LogP contribution in [0.4, 0.5) is 0 Å². The molecular weight excluding hydrogens is 1220 g/mol. The standard InChI is InChI=1S/C31H43N5O8.C24H34BrN5O4.C7H10O4/c1-18(2)26(37)28(39)33-20(4)29(40)36-13-5-6-24(35-36)27(38)32-19(3)23-10-9-22-8-7-21(14-25(22)34-23)11-12-31(30(41)42)15-43-17-44-16-31;1-13(2)21(31)23(33)27-15(4)24(34)30-11-5-6-19(29-30)22(32)26-14(3)18-10-8-16-7-9-17(25)12-20(16)28-18;1-2-7(6(8)9)3-10-5-11-4-7/h7-12,14,18-20,24,26,28,33,35,37,39H,5-6,13,15-17H2,1-4H3,(H,32,38)(H,41,42);7-10,12-15,19,21,23,27,29,31,33H,5-6,11H2,1-4H3,(H,26,32);2H,1,3-5H2,(H,8,9)/b12-11+;;/t19-,20+,24+,26+,28?;14-,15+,19+,21+,23?;/m11./s1. The molecule has 26 nitrogen and oxygen atoms in total. The number of aliphatic carboxylic acids is 2. The van der Waals surface area contributed by atoms with E-state index in [1.807, 2.05) is 74.5 Å². The number of fused-ring (bicyclic) bond motifs is 2. The van der Waals surface area contributed by atoms with Gasteiger partial charge in [-0.3, -0.25) is 59.4 Å². The lowest BCUT2D eigenvalue weighted by Gasteiger charge is -2.36. The van der Waals surface area contributed by atoms with E-state index in [-0.39, 0.29) is 81.5 Å². The average molecular weight is 1310 g/mol. The molecule has 4 aliphatic rings. The second kappa shape index (κ2) is 33.0. The van der Waals surface area contributed by atoms with Gasteiger partial charge >= 0.3 is 11.9 Å². The first kappa shape index (κ1) is 71.6. The smallest absolute Gasteiger partial charge is 0.318 e. The predicted molar refractivity (Wildman–Crippen MR) is 332 cm³/mol. The molecule has 0 spiro atoms. The third-order valence-electron chi connectivity index (χ3n) is 15.8. The summed E-state index contributed by atoms with van der Waals surface area (Å²) in [6.07, 6.45) is 2.56. The largest absolute Gasteiger partial charge is 0.480 e. The van der Waals surface area contributed by atoms with Crippen molar-refractivity contribution in [2.45, 2.75) is 142 Å². The summed E-state index contributed by atoms with van der Waals surface area (Å²) in [4.78, 5) is 84.0. The first-order valence-electron chi connectivity index (χ1n) is 29.8. The molecule has 8 rings (SSSR count). The Morgan fingerprint density at radius 1 is 0.618 bits per heavy atom. The Balaban J connectivity index is 0.000000247. The number of aliphatic hydroxyl groups is 4. The Labute approximate surface area is 526 Å². The highest BCUT2D eigenvalue weighted by Gasteiger charge is 2.41. The minimum Gasteiger partial charge on any atom is -0.480 e. The van der Waals surface area contributed by atoms with E-state index >= 15 is 0 Å². The molecule has 4 saturated heterocycles. The molecule has 4 aromatic rings. The Kier molecular flexibility index (Phi) is 26.6. The summed E-state index contributed by atoms with van der Waals surface area (Å²) in [5.41, 5.74) is 7.39. The zero-order valence-corrected chi connectivity index (χ0v) is 53.1. The number of carbonyl (C=O) groups excluding carboxylic acids is 4. The molecule has 2 aromatic carbocycles. The molecule has 4 amide bonds. The first-order valence-corrected chi connectivity index (χ1v) is 30.5. The predicted octanol–water partition coefficient (Wildman–Crippen LogP) is 3.54. The van der Waals surface area contributed by atoms with Crippen LogP contribution in [0.3, 0.4) is 0 Å². The van der Waals surface area contributed by atoms with E-state index in [4.69, 9.17) is 29.0 Å². The van der Waals surface area contributed by atoms with Crippen LogP contribution >= 0.6 is 15.9 Å². The van der Waals surface area contributed by atoms with Crippen LogP contribution in [-0.2, 0) is 47.7 Å². The maximum atomic E-state index is 13.2. The lowest BCUT2D eigenvalue weighted by molar-refractivity contribution is -0.181. The minimum absolute atomic E-state index is 0.0231. The highest BCUT2D eigenvalue weighted by Crippen LogP contribution is 2.28. The van der Waals surface area contributed by atoms with Gasteiger partial charge in [0.2, 0.25) is 11.8 Å². The third-order valence-corrected chi connectivity index (χ3v) is 16.3. The Bertz CT molecular complexity index is 3110. The van der Waals surface area contributed by atoms with Gasteiger partial charge in [-0.2, -0.15) is 0 Å². The second-order valence-corrected chi connectivity index (χ2v) is 24.5. The van der Waals surface area contributed by atoms with Crippen molar-refractivity contribution in [1.29, 1.82) is 0 Å². The van der Waals surface area contributed by atoms with Crippen LogP contribution in [0.25, 0.3) is 27.9 Å². The number of amides is 4. The van der Waals surface area contributed by atoms with E-state index in [1.165, 1.54) is 16.1 Å². The van der Waals surface area contributed by atoms with Crippen molar-refractivity contribution in [3.8, 4) is 0 Å². The van der Waals surface area contributed by atoms with Gasteiger partial charge in [0.15, 0.2) is 0 Å². The average Bonchev–Trinajstić information content (AvgIpc) is 2.44. The Morgan fingerprint density at radius 2 is 1.02 bits per heavy atom. The van der Waals surface area contributed by atoms with Crippen molar-refractivity contribution >= 4 is 79.4 Å². The number of hydrazine groups is 2. The number of rotatable bonds is 21. The fourth-order valence-corrected chi connectivity index (χ4v) is 10.3. The molecule has 0 radical (unpaired) electrons. The highest BCUT2D eigenvalue weighted by atomic mass is 79.9. The van der Waals surface area contributed by atoms with Crippen LogP contribution in [-0.4, -0.2) is 188 Å². The Morgan fingerprint density at radius 3 is 1.43 bits per heavy atom. The molecule has 0 aliphatic carbocycles. The van der Waals surface area contributed by atoms with Crippen molar-refractivity contribution in [1.82, 2.24) is 52.1 Å². The zero-order chi connectivity index (χ0) is 65.3. The number of carboxylic acids is 2. The second-order valence-electron chi connectivity index (χ2n) is 23.6. The number of benzene rings is 2. The summed E-state index contributed by atoms with van der Waals surface area (Å²) < 4.78 is 21.1. The van der Waals surface area contributed by atoms with Crippen molar-refractivity contribution < 1.29 is 78.4 Å². The topological polar surface area (TPSA) is 365 Å². The van der Waals surface area contributed by atoms with Gasteiger partial charge in [-0.15, -0.1) is 6.58 Å². The number of aromatic nitrogens is 2. The Hall–Kier alpha value is -6.44. The molecule has 89 heavy (non-hydrogen) atoms. The van der Waals surface area contributed by atoms with Gasteiger partial charge in [0.05, 0.1) is 85.2 Å². The molecular formula is C62H87BrN10O16. The van der Waals surface area contributed by atoms with E-state index in [2.05, 4.69) is 59.6 Å². The number of hydrogen-bond acceptors (Lipinski definition) is 20. The summed E-state index contributed by atoms with van der Waals surface area (Å²) in [5.74, 6) is -3.46. The SMILES string of the molecule is C=CC1(C(=O)O)COCOC1.CC(C)[C@H](O)C(O)N[C@@H](C)C(=O)N1CCC[C@@H](C(=O)N[C@H](C)c2ccc3ccc(/C=C/C4(C(=O)O)COCOC4)cc3n2)N1.CC(C)[C@H](O)C(O)N[C@@H](C)C(=O)N1CCC[C@@H](C(=O)N[C@H](C)c2ccc3ccc(Br)cc3n2)N1. The fourth-order valence-electron chi connectivity index (χ4n) is 9.91. The number of nitrogens with one attached hydrogen (secondary N) is 6. The summed E-state index contributed by atoms with van der Waals surface area (Å²) in [6, 6.07) is 15.7. The lowest BCUT2D eigenvalue weighted by Crippen LogP contribution is -2.61. The molecule has 12 N–H and O–H groups in total. The molecule has 2 unspecified atom stereocenters. The number of hydrogen-bond donors (Lipinski definition) is 12. The van der Waals surface area contributed by atoms with Gasteiger partial charge in [0.25, 0.3) is 11.8 Å². The summed E-state index contributed by atoms with van der Waals surface area (Å²) in [7, 11) is 0. The number of carboxylic acid groups (broad SMARTS) is 2. The molecule has 488 valence electrons. The van der Waals surface area contributed by atoms with E-state index in [0.29, 0.717) is 50.0 Å². The van der Waals surface area contributed by atoms with Crippen LogP contribution in [0.15, 0.2) is 83.9 Å². The number of halogens is 1. The molecule has 0 bridgehead atoms. The summed E-state index contributed by atoms with van der Waals surface area (Å²) in [5, 5.41) is 75.0. The molecule has 4 aliphatic heterocycles. The van der Waals surface area contributed by atoms with E-state index in [9.17, 15) is 54.3 Å². The van der Waals surface area contributed by atoms with E-state index < -0.39 is 77.6 Å². The van der Waals surface area contributed by atoms with Gasteiger partial charge in [0, 0.05) is 28.3 Å². The van der Waals surface area contributed by atoms with E-state index in [0.717, 1.165) is 32.0 Å². The lowest BCUT2D eigenvalue weighted by atomic mass is 9.88. The monoisotopic (exact) mass is 1310 g/mol. The highest BCUT2D eigenvalue weighted by molar-refractivity contribution is 9.10. The summed E-state index contributed by atoms with van der Waals surface area (Å²) >= 11 is 3.46. The number of ether oxygens (including phenoxy) is 4. The minimum atomic E-state index is -1.26. The molecule has 27 heteroatoms. The van der Waals surface area contributed by atoms with E-state index in [1.54, 1.807) is 53.7 Å². The van der Waals surface area contributed by atoms with Crippen molar-refractivity contribution in [2.75, 3.05) is 53.1 Å². The van der Waals surface area contributed by atoms with Gasteiger partial charge in [-0.1, -0.05) is 92.2 Å². The first-order chi connectivity index (χ1) is 42.2. The number of carbonyl (C=O) groups is 6. The zero-order valence-electron chi connectivity index (χ0n) is 51.6.